The fraction of sp³-hybridized carbons (Fsp3) is 0. The zero-order valence-electron chi connectivity index (χ0n) is 26.4. The molecule has 0 saturated heterocycles. The number of furan rings is 1. The molecule has 0 amide bonds. The number of nitrogens with zero attached hydrogens (tertiary/aromatic N) is 1. The van der Waals surface area contributed by atoms with Gasteiger partial charge in [-0.25, -0.2) is 0 Å². The number of fused-ring (bicyclic) bond motifs is 13. The second-order valence-corrected chi connectivity index (χ2v) is 14.0. The van der Waals surface area contributed by atoms with Gasteiger partial charge in [-0.3, -0.25) is 0 Å². The summed E-state index contributed by atoms with van der Waals surface area (Å²) in [5, 5.41) is 15.0. The maximum absolute atomic E-state index is 6.41. The first-order valence-corrected chi connectivity index (χ1v) is 17.5. The van der Waals surface area contributed by atoms with E-state index in [0.717, 1.165) is 39.0 Å². The van der Waals surface area contributed by atoms with Crippen LogP contribution in [0.25, 0.3) is 85.2 Å². The second-order valence-electron chi connectivity index (χ2n) is 12.9. The standard InChI is InChI=1S/C46H27NOS/c1-3-9-34-28(7-1)14-21-37-36(34)20-15-30-13-17-31(25-42(30)37)47(32-18-23-39-38-11-5-6-12-43(38)48-44(39)26-32)33-19-24-40-41-22-16-29-8-2-4-10-35(29)46(41)49-45(40)27-33/h1-27H. The van der Waals surface area contributed by atoms with Crippen molar-refractivity contribution in [3.63, 3.8) is 0 Å². The van der Waals surface area contributed by atoms with E-state index >= 15 is 0 Å². The summed E-state index contributed by atoms with van der Waals surface area (Å²) in [4.78, 5) is 2.38. The molecule has 2 heterocycles. The van der Waals surface area contributed by atoms with E-state index in [-0.39, 0.29) is 0 Å². The Morgan fingerprint density at radius 1 is 0.347 bits per heavy atom. The molecule has 0 aliphatic rings. The maximum atomic E-state index is 6.41. The Balaban J connectivity index is 1.17. The van der Waals surface area contributed by atoms with E-state index in [1.165, 1.54) is 63.3 Å². The van der Waals surface area contributed by atoms with Gasteiger partial charge in [0.05, 0.1) is 0 Å². The van der Waals surface area contributed by atoms with Crippen molar-refractivity contribution < 1.29 is 4.42 Å². The quantitative estimate of drug-likeness (QED) is 0.179. The van der Waals surface area contributed by atoms with Crippen molar-refractivity contribution in [2.45, 2.75) is 0 Å². The number of thiophene rings is 1. The first-order valence-electron chi connectivity index (χ1n) is 16.7. The molecule has 0 saturated carbocycles. The van der Waals surface area contributed by atoms with Gasteiger partial charge in [0.25, 0.3) is 0 Å². The van der Waals surface area contributed by atoms with E-state index in [1.807, 2.05) is 23.5 Å². The summed E-state index contributed by atoms with van der Waals surface area (Å²) < 4.78 is 9.02. The van der Waals surface area contributed by atoms with Crippen LogP contribution in [0.3, 0.4) is 0 Å². The van der Waals surface area contributed by atoms with Crippen molar-refractivity contribution in [1.29, 1.82) is 0 Å². The van der Waals surface area contributed by atoms with Gasteiger partial charge in [-0.2, -0.15) is 0 Å². The highest BCUT2D eigenvalue weighted by Crippen LogP contribution is 2.44. The lowest BCUT2D eigenvalue weighted by Crippen LogP contribution is -2.09. The number of hydrogen-bond acceptors (Lipinski definition) is 3. The minimum Gasteiger partial charge on any atom is -0.456 e. The summed E-state index contributed by atoms with van der Waals surface area (Å²) in [6, 6.07) is 59.6. The second kappa shape index (κ2) is 10.2. The summed E-state index contributed by atoms with van der Waals surface area (Å²) in [6.07, 6.45) is 0. The normalized spacial score (nSPS) is 12.1. The molecular formula is C46H27NOS. The SMILES string of the molecule is c1ccc2c(c1)ccc1c3cc(N(c4ccc5c(c4)oc4ccccc45)c4ccc5c(c4)sc4c6ccccc6ccc54)ccc3ccc21. The maximum Gasteiger partial charge on any atom is 0.137 e. The molecule has 0 spiro atoms. The van der Waals surface area contributed by atoms with Crippen LogP contribution in [0.1, 0.15) is 0 Å². The van der Waals surface area contributed by atoms with Crippen LogP contribution in [0.15, 0.2) is 168 Å². The third-order valence-corrected chi connectivity index (χ3v) is 11.4. The molecule has 0 fully saturated rings. The molecule has 11 aromatic rings. The van der Waals surface area contributed by atoms with E-state index < -0.39 is 0 Å². The van der Waals surface area contributed by atoms with E-state index in [2.05, 4.69) is 157 Å². The van der Waals surface area contributed by atoms with Gasteiger partial charge >= 0.3 is 0 Å². The Labute approximate surface area is 285 Å². The van der Waals surface area contributed by atoms with Gasteiger partial charge in [0, 0.05) is 54.1 Å². The van der Waals surface area contributed by atoms with Crippen LogP contribution < -0.4 is 4.90 Å². The summed E-state index contributed by atoms with van der Waals surface area (Å²) in [6.45, 7) is 0. The van der Waals surface area contributed by atoms with Crippen molar-refractivity contribution in [2.24, 2.45) is 0 Å². The fourth-order valence-corrected chi connectivity index (χ4v) is 9.15. The first-order chi connectivity index (χ1) is 24.3. The molecule has 228 valence electrons. The average Bonchev–Trinajstić information content (AvgIpc) is 3.72. The van der Waals surface area contributed by atoms with Crippen molar-refractivity contribution in [3.05, 3.63) is 164 Å². The zero-order chi connectivity index (χ0) is 32.1. The van der Waals surface area contributed by atoms with Gasteiger partial charge in [-0.05, 0) is 85.6 Å². The number of hydrogen-bond donors (Lipinski definition) is 0. The zero-order valence-corrected chi connectivity index (χ0v) is 27.2. The topological polar surface area (TPSA) is 16.4 Å². The Morgan fingerprint density at radius 3 is 1.71 bits per heavy atom. The van der Waals surface area contributed by atoms with Crippen LogP contribution in [0, 0.1) is 0 Å². The lowest BCUT2D eigenvalue weighted by Gasteiger charge is -2.26. The third kappa shape index (κ3) is 4.00. The summed E-state index contributed by atoms with van der Waals surface area (Å²) in [5.74, 6) is 0. The van der Waals surface area contributed by atoms with Gasteiger partial charge in [0.15, 0.2) is 0 Å². The molecule has 49 heavy (non-hydrogen) atoms. The van der Waals surface area contributed by atoms with Crippen LogP contribution in [-0.2, 0) is 0 Å². The molecule has 3 heteroatoms. The predicted octanol–water partition coefficient (Wildman–Crippen LogP) is 14.0. The summed E-state index contributed by atoms with van der Waals surface area (Å²) >= 11 is 1.88. The van der Waals surface area contributed by atoms with Gasteiger partial charge in [-0.1, -0.05) is 115 Å². The number of anilines is 3. The number of rotatable bonds is 3. The smallest absolute Gasteiger partial charge is 0.137 e. The first kappa shape index (κ1) is 26.9. The Bertz CT molecular complexity index is 3130. The van der Waals surface area contributed by atoms with Crippen molar-refractivity contribution >= 4 is 114 Å². The van der Waals surface area contributed by atoms with Gasteiger partial charge in [0.2, 0.25) is 0 Å². The Kier molecular flexibility index (Phi) is 5.57. The van der Waals surface area contributed by atoms with Crippen LogP contribution in [0.4, 0.5) is 17.1 Å². The molecule has 2 aromatic heterocycles. The molecule has 2 nitrogen and oxygen atoms in total. The van der Waals surface area contributed by atoms with Gasteiger partial charge in [0.1, 0.15) is 11.2 Å². The minimum atomic E-state index is 0.885. The van der Waals surface area contributed by atoms with Gasteiger partial charge < -0.3 is 9.32 Å². The monoisotopic (exact) mass is 641 g/mol. The van der Waals surface area contributed by atoms with Crippen molar-refractivity contribution in [2.75, 3.05) is 4.90 Å². The fourth-order valence-electron chi connectivity index (χ4n) is 7.88. The molecular weight excluding hydrogens is 615 g/mol. The largest absolute Gasteiger partial charge is 0.456 e. The number of para-hydroxylation sites is 1. The molecule has 11 rings (SSSR count). The molecule has 0 unspecified atom stereocenters. The van der Waals surface area contributed by atoms with Crippen LogP contribution in [-0.4, -0.2) is 0 Å². The molecule has 9 aromatic carbocycles. The molecule has 0 aliphatic carbocycles. The minimum absolute atomic E-state index is 0.885. The van der Waals surface area contributed by atoms with Crippen molar-refractivity contribution in [1.82, 2.24) is 0 Å². The molecule has 0 atom stereocenters. The summed E-state index contributed by atoms with van der Waals surface area (Å²) in [5.41, 5.74) is 5.07. The highest BCUT2D eigenvalue weighted by molar-refractivity contribution is 7.26. The van der Waals surface area contributed by atoms with Crippen LogP contribution in [0.2, 0.25) is 0 Å². The molecule has 0 N–H and O–H groups in total. The Hall–Kier alpha value is -6.16. The van der Waals surface area contributed by atoms with Crippen molar-refractivity contribution in [3.8, 4) is 0 Å². The van der Waals surface area contributed by atoms with Gasteiger partial charge in [-0.15, -0.1) is 11.3 Å². The average molecular weight is 642 g/mol. The third-order valence-electron chi connectivity index (χ3n) is 10.2. The van der Waals surface area contributed by atoms with Crippen LogP contribution in [0.5, 0.6) is 0 Å². The molecule has 0 bridgehead atoms. The molecule has 0 radical (unpaired) electrons. The predicted molar refractivity (Wildman–Crippen MR) is 211 cm³/mol. The molecule has 0 aliphatic heterocycles. The number of benzene rings is 9. The van der Waals surface area contributed by atoms with Crippen LogP contribution >= 0.6 is 11.3 Å². The summed E-state index contributed by atoms with van der Waals surface area (Å²) in [7, 11) is 0. The van der Waals surface area contributed by atoms with E-state index in [9.17, 15) is 0 Å². The highest BCUT2D eigenvalue weighted by Gasteiger charge is 2.18. The van der Waals surface area contributed by atoms with E-state index in [0.29, 0.717) is 0 Å². The lowest BCUT2D eigenvalue weighted by molar-refractivity contribution is 0.669. The lowest BCUT2D eigenvalue weighted by atomic mass is 9.96. The van der Waals surface area contributed by atoms with E-state index in [1.54, 1.807) is 0 Å². The Morgan fingerprint density at radius 2 is 0.878 bits per heavy atom. The van der Waals surface area contributed by atoms with E-state index in [4.69, 9.17) is 4.42 Å². The highest BCUT2D eigenvalue weighted by atomic mass is 32.1.